The van der Waals surface area contributed by atoms with E-state index >= 15 is 0 Å². The number of benzene rings is 1. The van der Waals surface area contributed by atoms with E-state index in [1.165, 1.54) is 11.3 Å². The number of anilines is 1. The van der Waals surface area contributed by atoms with Gasteiger partial charge in [0.05, 0.1) is 0 Å². The second-order valence-corrected chi connectivity index (χ2v) is 5.34. The highest BCUT2D eigenvalue weighted by Gasteiger charge is 2.27. The predicted molar refractivity (Wildman–Crippen MR) is 82.9 cm³/mol. The van der Waals surface area contributed by atoms with Crippen molar-refractivity contribution in [3.8, 4) is 6.07 Å². The summed E-state index contributed by atoms with van der Waals surface area (Å²) in [4.78, 5) is 6.47. The lowest BCUT2D eigenvalue weighted by Crippen LogP contribution is -2.22. The third-order valence-electron chi connectivity index (χ3n) is 4.03. The van der Waals surface area contributed by atoms with E-state index in [0.717, 1.165) is 25.1 Å². The number of para-hydroxylation sites is 1. The third kappa shape index (κ3) is 2.61. The van der Waals surface area contributed by atoms with Crippen LogP contribution in [0.3, 0.4) is 0 Å². The van der Waals surface area contributed by atoms with Crippen LogP contribution in [-0.2, 0) is 6.54 Å². The Morgan fingerprint density at radius 1 is 1.29 bits per heavy atom. The molecule has 1 aliphatic heterocycles. The average molecular weight is 278 g/mol. The largest absolute Gasteiger partial charge is 0.366 e. The van der Waals surface area contributed by atoms with Crippen molar-refractivity contribution in [2.45, 2.75) is 18.9 Å². The molecule has 3 rings (SSSR count). The highest BCUT2D eigenvalue weighted by atomic mass is 15.2. The van der Waals surface area contributed by atoms with Crippen LogP contribution in [0.1, 0.15) is 29.2 Å². The zero-order chi connectivity index (χ0) is 14.7. The van der Waals surface area contributed by atoms with Gasteiger partial charge in [-0.3, -0.25) is 0 Å². The van der Waals surface area contributed by atoms with Crippen LogP contribution in [0.5, 0.6) is 0 Å². The molecule has 106 valence electrons. The Labute approximate surface area is 124 Å². The Morgan fingerprint density at radius 3 is 2.95 bits per heavy atom. The predicted octanol–water partition coefficient (Wildman–Crippen LogP) is 2.41. The molecule has 0 spiro atoms. The highest BCUT2D eigenvalue weighted by Crippen LogP contribution is 2.38. The van der Waals surface area contributed by atoms with Crippen LogP contribution in [0.15, 0.2) is 42.6 Å². The molecule has 0 saturated carbocycles. The van der Waals surface area contributed by atoms with Crippen LogP contribution in [0.2, 0.25) is 0 Å². The van der Waals surface area contributed by atoms with E-state index in [-0.39, 0.29) is 0 Å². The molecule has 2 N–H and O–H groups in total. The van der Waals surface area contributed by atoms with Crippen molar-refractivity contribution in [3.05, 3.63) is 59.4 Å². The van der Waals surface area contributed by atoms with E-state index in [1.807, 2.05) is 12.1 Å². The van der Waals surface area contributed by atoms with Gasteiger partial charge in [0.25, 0.3) is 0 Å². The number of rotatable bonds is 4. The molecule has 0 saturated heterocycles. The van der Waals surface area contributed by atoms with Crippen molar-refractivity contribution >= 4 is 5.69 Å². The fraction of sp³-hybridized carbons (Fsp3) is 0.294. The van der Waals surface area contributed by atoms with Crippen LogP contribution in [0.25, 0.3) is 0 Å². The van der Waals surface area contributed by atoms with Crippen molar-refractivity contribution in [2.75, 3.05) is 18.0 Å². The summed E-state index contributed by atoms with van der Waals surface area (Å²) in [6.45, 7) is 2.37. The fourth-order valence-corrected chi connectivity index (χ4v) is 3.05. The number of nitriles is 1. The summed E-state index contributed by atoms with van der Waals surface area (Å²) in [5.74, 6) is 0.480. The lowest BCUT2D eigenvalue weighted by atomic mass is 9.98. The number of pyridine rings is 1. The zero-order valence-corrected chi connectivity index (χ0v) is 11.9. The molecule has 1 aliphatic rings. The molecule has 1 atom stereocenters. The van der Waals surface area contributed by atoms with Gasteiger partial charge in [0.2, 0.25) is 0 Å². The van der Waals surface area contributed by atoms with Gasteiger partial charge in [-0.1, -0.05) is 24.3 Å². The van der Waals surface area contributed by atoms with E-state index in [1.54, 1.807) is 6.20 Å². The maximum Gasteiger partial charge on any atom is 0.145 e. The molecule has 0 aliphatic carbocycles. The minimum absolute atomic E-state index is 0.480. The summed E-state index contributed by atoms with van der Waals surface area (Å²) >= 11 is 0. The minimum Gasteiger partial charge on any atom is -0.366 e. The summed E-state index contributed by atoms with van der Waals surface area (Å²) in [7, 11) is 0. The Balaban J connectivity index is 1.89. The van der Waals surface area contributed by atoms with E-state index in [4.69, 9.17) is 5.73 Å². The third-order valence-corrected chi connectivity index (χ3v) is 4.03. The Morgan fingerprint density at radius 2 is 2.14 bits per heavy atom. The lowest BCUT2D eigenvalue weighted by Gasteiger charge is -2.20. The van der Waals surface area contributed by atoms with Crippen LogP contribution in [0.4, 0.5) is 5.69 Å². The van der Waals surface area contributed by atoms with Gasteiger partial charge in [-0.2, -0.15) is 5.26 Å². The summed E-state index contributed by atoms with van der Waals surface area (Å²) in [6.07, 6.45) is 2.66. The molecule has 2 aromatic rings. The first kappa shape index (κ1) is 13.6. The van der Waals surface area contributed by atoms with Crippen molar-refractivity contribution in [1.82, 2.24) is 4.98 Å². The molecule has 1 aromatic heterocycles. The van der Waals surface area contributed by atoms with E-state index in [2.05, 4.69) is 40.2 Å². The molecule has 0 fully saturated rings. The van der Waals surface area contributed by atoms with Gasteiger partial charge in [0, 0.05) is 36.5 Å². The standard InChI is InChI=1S/C17H18N4/c18-8-7-13-11-21(17-6-2-1-5-15(13)17)12-14-4-3-9-20-16(14)10-19/h1-6,9,13H,7-8,11-12,18H2. The van der Waals surface area contributed by atoms with Crippen LogP contribution < -0.4 is 10.6 Å². The molecule has 4 heteroatoms. The molecule has 0 amide bonds. The molecule has 1 aromatic carbocycles. The number of hydrogen-bond acceptors (Lipinski definition) is 4. The smallest absolute Gasteiger partial charge is 0.145 e. The minimum atomic E-state index is 0.480. The normalized spacial score (nSPS) is 16.6. The van der Waals surface area contributed by atoms with Gasteiger partial charge in [0.15, 0.2) is 0 Å². The highest BCUT2D eigenvalue weighted by molar-refractivity contribution is 5.60. The number of hydrogen-bond donors (Lipinski definition) is 1. The number of nitrogens with two attached hydrogens (primary N) is 1. The second-order valence-electron chi connectivity index (χ2n) is 5.34. The number of nitrogens with zero attached hydrogens (tertiary/aromatic N) is 3. The zero-order valence-electron chi connectivity index (χ0n) is 11.9. The molecule has 2 heterocycles. The van der Waals surface area contributed by atoms with Gasteiger partial charge in [-0.25, -0.2) is 4.98 Å². The molecular weight excluding hydrogens is 260 g/mol. The van der Waals surface area contributed by atoms with Crippen molar-refractivity contribution < 1.29 is 0 Å². The molecule has 4 nitrogen and oxygen atoms in total. The van der Waals surface area contributed by atoms with Gasteiger partial charge in [-0.05, 0) is 30.7 Å². The Kier molecular flexibility index (Phi) is 3.85. The van der Waals surface area contributed by atoms with E-state index < -0.39 is 0 Å². The lowest BCUT2D eigenvalue weighted by molar-refractivity contribution is 0.643. The van der Waals surface area contributed by atoms with Gasteiger partial charge in [-0.15, -0.1) is 0 Å². The topological polar surface area (TPSA) is 65.9 Å². The van der Waals surface area contributed by atoms with E-state index in [0.29, 0.717) is 18.2 Å². The first-order chi connectivity index (χ1) is 10.3. The van der Waals surface area contributed by atoms with Crippen molar-refractivity contribution in [1.29, 1.82) is 5.26 Å². The number of aromatic nitrogens is 1. The second kappa shape index (κ2) is 5.94. The monoisotopic (exact) mass is 278 g/mol. The quantitative estimate of drug-likeness (QED) is 0.932. The maximum atomic E-state index is 9.18. The Hall–Kier alpha value is -2.38. The molecule has 0 bridgehead atoms. The Bertz CT molecular complexity index is 674. The van der Waals surface area contributed by atoms with Gasteiger partial charge in [0.1, 0.15) is 11.8 Å². The molecule has 0 radical (unpaired) electrons. The first-order valence-corrected chi connectivity index (χ1v) is 7.21. The van der Waals surface area contributed by atoms with Crippen LogP contribution in [0, 0.1) is 11.3 Å². The summed E-state index contributed by atoms with van der Waals surface area (Å²) in [5.41, 5.74) is 9.84. The summed E-state index contributed by atoms with van der Waals surface area (Å²) < 4.78 is 0. The summed E-state index contributed by atoms with van der Waals surface area (Å²) in [5, 5.41) is 9.18. The van der Waals surface area contributed by atoms with Crippen molar-refractivity contribution in [3.63, 3.8) is 0 Å². The van der Waals surface area contributed by atoms with Crippen molar-refractivity contribution in [2.24, 2.45) is 5.73 Å². The first-order valence-electron chi connectivity index (χ1n) is 7.21. The van der Waals surface area contributed by atoms with Crippen LogP contribution in [-0.4, -0.2) is 18.1 Å². The SMILES string of the molecule is N#Cc1ncccc1CN1CC(CCN)c2ccccc21. The molecule has 1 unspecified atom stereocenters. The maximum absolute atomic E-state index is 9.18. The van der Waals surface area contributed by atoms with E-state index in [9.17, 15) is 5.26 Å². The van der Waals surface area contributed by atoms with Crippen LogP contribution >= 0.6 is 0 Å². The summed E-state index contributed by atoms with van der Waals surface area (Å²) in [6, 6.07) is 14.5. The fourth-order valence-electron chi connectivity index (χ4n) is 3.05. The number of fused-ring (bicyclic) bond motifs is 1. The average Bonchev–Trinajstić information content (AvgIpc) is 2.87. The van der Waals surface area contributed by atoms with Gasteiger partial charge >= 0.3 is 0 Å². The van der Waals surface area contributed by atoms with Gasteiger partial charge < -0.3 is 10.6 Å². The molecule has 21 heavy (non-hydrogen) atoms. The molecular formula is C17H18N4.